The standard InChI is InChI=1S/C6H4Br2N2O2/c1-3-4(10(11)12)2-5(7)9-6(3)8/h2H,1H3. The molecule has 0 N–H and O–H groups in total. The summed E-state index contributed by atoms with van der Waals surface area (Å²) in [6.07, 6.45) is 0. The maximum absolute atomic E-state index is 10.5. The third-order valence-corrected chi connectivity index (χ3v) is 2.53. The molecule has 0 fully saturated rings. The zero-order valence-corrected chi connectivity index (χ0v) is 9.22. The molecule has 0 unspecified atom stereocenters. The third-order valence-electron chi connectivity index (χ3n) is 1.35. The molecule has 0 saturated heterocycles. The van der Waals surface area contributed by atoms with E-state index in [0.717, 1.165) is 0 Å². The van der Waals surface area contributed by atoms with Gasteiger partial charge in [0.05, 0.1) is 10.5 Å². The first kappa shape index (κ1) is 9.60. The summed E-state index contributed by atoms with van der Waals surface area (Å²) < 4.78 is 0.940. The van der Waals surface area contributed by atoms with Gasteiger partial charge >= 0.3 is 0 Å². The van der Waals surface area contributed by atoms with Gasteiger partial charge in [-0.2, -0.15) is 0 Å². The second-order valence-corrected chi connectivity index (χ2v) is 3.70. The molecule has 0 spiro atoms. The number of nitrogens with zero attached hydrogens (tertiary/aromatic N) is 2. The molecule has 0 aromatic carbocycles. The van der Waals surface area contributed by atoms with Gasteiger partial charge in [0.25, 0.3) is 5.69 Å². The predicted molar refractivity (Wildman–Crippen MR) is 51.0 cm³/mol. The first-order valence-electron chi connectivity index (χ1n) is 2.99. The lowest BCUT2D eigenvalue weighted by Gasteiger charge is -1.99. The van der Waals surface area contributed by atoms with Crippen LogP contribution < -0.4 is 0 Å². The van der Waals surface area contributed by atoms with Crippen LogP contribution in [0.2, 0.25) is 0 Å². The Hall–Kier alpha value is -0.490. The summed E-state index contributed by atoms with van der Waals surface area (Å²) in [5, 5.41) is 10.5. The molecule has 64 valence electrons. The van der Waals surface area contributed by atoms with Crippen LogP contribution in [-0.4, -0.2) is 9.91 Å². The number of aromatic nitrogens is 1. The number of halogens is 2. The summed E-state index contributed by atoms with van der Waals surface area (Å²) in [5.41, 5.74) is 0.590. The summed E-state index contributed by atoms with van der Waals surface area (Å²) in [7, 11) is 0. The van der Waals surface area contributed by atoms with E-state index < -0.39 is 4.92 Å². The molecule has 12 heavy (non-hydrogen) atoms. The van der Waals surface area contributed by atoms with Crippen LogP contribution in [0, 0.1) is 17.0 Å². The van der Waals surface area contributed by atoms with Crippen molar-refractivity contribution < 1.29 is 4.92 Å². The Balaban J connectivity index is 3.37. The van der Waals surface area contributed by atoms with E-state index in [4.69, 9.17) is 0 Å². The van der Waals surface area contributed by atoms with Crippen LogP contribution in [0.25, 0.3) is 0 Å². The minimum atomic E-state index is -0.438. The third kappa shape index (κ3) is 1.81. The minimum absolute atomic E-state index is 0.0590. The summed E-state index contributed by atoms with van der Waals surface area (Å²) in [5.74, 6) is 0. The van der Waals surface area contributed by atoms with Gasteiger partial charge in [0.1, 0.15) is 9.21 Å². The molecule has 0 aliphatic heterocycles. The van der Waals surface area contributed by atoms with E-state index in [1.807, 2.05) is 0 Å². The van der Waals surface area contributed by atoms with Crippen LogP contribution in [0.3, 0.4) is 0 Å². The monoisotopic (exact) mass is 294 g/mol. The first-order valence-corrected chi connectivity index (χ1v) is 4.58. The number of pyridine rings is 1. The molecule has 4 nitrogen and oxygen atoms in total. The zero-order valence-electron chi connectivity index (χ0n) is 6.04. The quantitative estimate of drug-likeness (QED) is 0.455. The molecule has 0 radical (unpaired) electrons. The zero-order chi connectivity index (χ0) is 9.30. The molecule has 0 atom stereocenters. The summed E-state index contributed by atoms with van der Waals surface area (Å²) >= 11 is 6.19. The molecule has 0 saturated carbocycles. The minimum Gasteiger partial charge on any atom is -0.258 e. The van der Waals surface area contributed by atoms with Gasteiger partial charge < -0.3 is 0 Å². The fraction of sp³-hybridized carbons (Fsp3) is 0.167. The van der Waals surface area contributed by atoms with Crippen molar-refractivity contribution in [2.75, 3.05) is 0 Å². The fourth-order valence-corrected chi connectivity index (χ4v) is 1.75. The molecule has 1 aromatic rings. The van der Waals surface area contributed by atoms with Crippen LogP contribution >= 0.6 is 31.9 Å². The molecule has 0 amide bonds. The van der Waals surface area contributed by atoms with Crippen molar-refractivity contribution in [3.63, 3.8) is 0 Å². The molecule has 1 heterocycles. The van der Waals surface area contributed by atoms with Crippen molar-refractivity contribution in [3.05, 3.63) is 31.0 Å². The van der Waals surface area contributed by atoms with E-state index in [9.17, 15) is 10.1 Å². The van der Waals surface area contributed by atoms with E-state index in [2.05, 4.69) is 36.8 Å². The van der Waals surface area contributed by atoms with Gasteiger partial charge in [-0.1, -0.05) is 0 Å². The van der Waals surface area contributed by atoms with Crippen molar-refractivity contribution in [1.29, 1.82) is 0 Å². The SMILES string of the molecule is Cc1c([N+](=O)[O-])cc(Br)nc1Br. The topological polar surface area (TPSA) is 56.0 Å². The Bertz CT molecular complexity index is 341. The Labute approximate surface area is 85.4 Å². The highest BCUT2D eigenvalue weighted by Crippen LogP contribution is 2.26. The average molecular weight is 296 g/mol. The predicted octanol–water partition coefficient (Wildman–Crippen LogP) is 2.82. The van der Waals surface area contributed by atoms with Crippen molar-refractivity contribution >= 4 is 37.5 Å². The van der Waals surface area contributed by atoms with Crippen LogP contribution in [0.5, 0.6) is 0 Å². The average Bonchev–Trinajstić information content (AvgIpc) is 1.96. The Morgan fingerprint density at radius 2 is 2.17 bits per heavy atom. The molecular formula is C6H4Br2N2O2. The molecule has 0 aliphatic carbocycles. The van der Waals surface area contributed by atoms with E-state index in [0.29, 0.717) is 14.8 Å². The van der Waals surface area contributed by atoms with Crippen LogP contribution in [-0.2, 0) is 0 Å². The largest absolute Gasteiger partial charge is 0.277 e. The van der Waals surface area contributed by atoms with Crippen molar-refractivity contribution in [2.45, 2.75) is 6.92 Å². The molecule has 6 heteroatoms. The highest BCUT2D eigenvalue weighted by atomic mass is 79.9. The van der Waals surface area contributed by atoms with Gasteiger partial charge in [0.15, 0.2) is 0 Å². The van der Waals surface area contributed by atoms with Gasteiger partial charge in [-0.15, -0.1) is 0 Å². The number of rotatable bonds is 1. The van der Waals surface area contributed by atoms with Gasteiger partial charge in [0.2, 0.25) is 0 Å². The maximum Gasteiger partial charge on any atom is 0.277 e. The van der Waals surface area contributed by atoms with Gasteiger partial charge in [-0.05, 0) is 38.8 Å². The van der Waals surface area contributed by atoms with E-state index in [-0.39, 0.29) is 5.69 Å². The van der Waals surface area contributed by atoms with Crippen LogP contribution in [0.4, 0.5) is 5.69 Å². The normalized spacial score (nSPS) is 9.92. The van der Waals surface area contributed by atoms with E-state index >= 15 is 0 Å². The van der Waals surface area contributed by atoms with Crippen molar-refractivity contribution in [1.82, 2.24) is 4.98 Å². The molecular weight excluding hydrogens is 292 g/mol. The van der Waals surface area contributed by atoms with Crippen molar-refractivity contribution in [2.24, 2.45) is 0 Å². The smallest absolute Gasteiger partial charge is 0.258 e. The molecule has 0 bridgehead atoms. The molecule has 1 aromatic heterocycles. The second-order valence-electron chi connectivity index (χ2n) is 2.14. The molecule has 0 aliphatic rings. The Morgan fingerprint density at radius 1 is 1.58 bits per heavy atom. The Morgan fingerprint density at radius 3 is 2.67 bits per heavy atom. The lowest BCUT2D eigenvalue weighted by atomic mass is 10.3. The van der Waals surface area contributed by atoms with Gasteiger partial charge in [-0.25, -0.2) is 4.98 Å². The highest BCUT2D eigenvalue weighted by Gasteiger charge is 2.14. The van der Waals surface area contributed by atoms with Gasteiger partial charge in [-0.3, -0.25) is 10.1 Å². The number of nitro groups is 1. The molecule has 1 rings (SSSR count). The van der Waals surface area contributed by atoms with E-state index in [1.165, 1.54) is 6.07 Å². The Kier molecular flexibility index (Phi) is 2.79. The fourth-order valence-electron chi connectivity index (χ4n) is 0.726. The van der Waals surface area contributed by atoms with Crippen LogP contribution in [0.15, 0.2) is 15.3 Å². The lowest BCUT2D eigenvalue weighted by molar-refractivity contribution is -0.385. The first-order chi connectivity index (χ1) is 5.52. The lowest BCUT2D eigenvalue weighted by Crippen LogP contribution is -1.94. The van der Waals surface area contributed by atoms with Crippen LogP contribution in [0.1, 0.15) is 5.56 Å². The van der Waals surface area contributed by atoms with E-state index in [1.54, 1.807) is 6.92 Å². The van der Waals surface area contributed by atoms with Gasteiger partial charge in [0, 0.05) is 6.07 Å². The highest BCUT2D eigenvalue weighted by molar-refractivity contribution is 9.11. The summed E-state index contributed by atoms with van der Waals surface area (Å²) in [6, 6.07) is 1.38. The van der Waals surface area contributed by atoms with Crippen molar-refractivity contribution in [3.8, 4) is 0 Å². The summed E-state index contributed by atoms with van der Waals surface area (Å²) in [4.78, 5) is 14.0. The number of hydrogen-bond acceptors (Lipinski definition) is 3. The maximum atomic E-state index is 10.5. The number of hydrogen-bond donors (Lipinski definition) is 0. The second kappa shape index (κ2) is 3.49. The summed E-state index contributed by atoms with van der Waals surface area (Å²) in [6.45, 7) is 1.64.